The summed E-state index contributed by atoms with van der Waals surface area (Å²) in [5, 5.41) is 0. The molecular formula is C12H24N2O. The van der Waals surface area contributed by atoms with Crippen molar-refractivity contribution in [3.05, 3.63) is 0 Å². The number of rotatable bonds is 6. The summed E-state index contributed by atoms with van der Waals surface area (Å²) in [5.74, 6) is 1.63. The van der Waals surface area contributed by atoms with Gasteiger partial charge in [0.2, 0.25) is 0 Å². The van der Waals surface area contributed by atoms with Gasteiger partial charge in [-0.1, -0.05) is 6.92 Å². The van der Waals surface area contributed by atoms with Gasteiger partial charge in [-0.05, 0) is 31.7 Å². The van der Waals surface area contributed by atoms with E-state index in [1.165, 1.54) is 25.8 Å². The summed E-state index contributed by atoms with van der Waals surface area (Å²) in [7, 11) is 0. The van der Waals surface area contributed by atoms with E-state index in [2.05, 4.69) is 11.8 Å². The summed E-state index contributed by atoms with van der Waals surface area (Å²) in [4.78, 5) is 2.58. The van der Waals surface area contributed by atoms with E-state index in [1.54, 1.807) is 0 Å². The average molecular weight is 212 g/mol. The summed E-state index contributed by atoms with van der Waals surface area (Å²) in [6.07, 6.45) is 4.05. The monoisotopic (exact) mass is 212 g/mol. The molecule has 1 aliphatic heterocycles. The van der Waals surface area contributed by atoms with Gasteiger partial charge in [0.1, 0.15) is 0 Å². The number of ether oxygens (including phenoxy) is 1. The lowest BCUT2D eigenvalue weighted by Crippen LogP contribution is -2.46. The van der Waals surface area contributed by atoms with Crippen LogP contribution in [-0.2, 0) is 4.74 Å². The van der Waals surface area contributed by atoms with Crippen LogP contribution in [0.3, 0.4) is 0 Å². The lowest BCUT2D eigenvalue weighted by Gasteiger charge is -2.33. The zero-order valence-electron chi connectivity index (χ0n) is 9.82. The highest BCUT2D eigenvalue weighted by Crippen LogP contribution is 2.31. The van der Waals surface area contributed by atoms with Crippen LogP contribution in [0.2, 0.25) is 0 Å². The molecule has 0 aromatic rings. The Hall–Kier alpha value is -0.120. The molecule has 2 atom stereocenters. The van der Waals surface area contributed by atoms with Gasteiger partial charge in [-0.25, -0.2) is 0 Å². The fourth-order valence-electron chi connectivity index (χ4n) is 2.63. The Morgan fingerprint density at radius 1 is 1.40 bits per heavy atom. The highest BCUT2D eigenvalue weighted by Gasteiger charge is 2.32. The minimum Gasteiger partial charge on any atom is -0.381 e. The molecule has 0 amide bonds. The molecule has 2 unspecified atom stereocenters. The zero-order valence-corrected chi connectivity index (χ0v) is 9.82. The van der Waals surface area contributed by atoms with Crippen molar-refractivity contribution in [2.45, 2.75) is 32.2 Å². The van der Waals surface area contributed by atoms with E-state index in [0.29, 0.717) is 12.0 Å². The molecule has 15 heavy (non-hydrogen) atoms. The van der Waals surface area contributed by atoms with Gasteiger partial charge in [-0.3, -0.25) is 4.90 Å². The molecule has 1 heterocycles. The second kappa shape index (κ2) is 5.28. The number of hydrogen-bond donors (Lipinski definition) is 1. The number of hydrogen-bond acceptors (Lipinski definition) is 3. The van der Waals surface area contributed by atoms with Gasteiger partial charge in [0.15, 0.2) is 0 Å². The number of nitrogens with two attached hydrogens (primary N) is 1. The topological polar surface area (TPSA) is 38.5 Å². The van der Waals surface area contributed by atoms with Gasteiger partial charge in [0.25, 0.3) is 0 Å². The summed E-state index contributed by atoms with van der Waals surface area (Å²) >= 11 is 0. The largest absolute Gasteiger partial charge is 0.381 e. The predicted octanol–water partition coefficient (Wildman–Crippen LogP) is 1.08. The maximum Gasteiger partial charge on any atom is 0.0510 e. The molecule has 2 N–H and O–H groups in total. The van der Waals surface area contributed by atoms with Crippen LogP contribution in [0.4, 0.5) is 0 Å². The van der Waals surface area contributed by atoms with Crippen molar-refractivity contribution in [1.29, 1.82) is 0 Å². The van der Waals surface area contributed by atoms with Crippen LogP contribution in [0, 0.1) is 11.8 Å². The maximum absolute atomic E-state index is 5.93. The van der Waals surface area contributed by atoms with Gasteiger partial charge in [0.05, 0.1) is 6.61 Å². The van der Waals surface area contributed by atoms with Crippen LogP contribution < -0.4 is 5.73 Å². The molecule has 1 saturated heterocycles. The van der Waals surface area contributed by atoms with Crippen LogP contribution in [0.1, 0.15) is 26.2 Å². The third kappa shape index (κ3) is 2.92. The lowest BCUT2D eigenvalue weighted by atomic mass is 9.97. The van der Waals surface area contributed by atoms with E-state index in [0.717, 1.165) is 32.2 Å². The fourth-order valence-corrected chi connectivity index (χ4v) is 2.63. The first-order chi connectivity index (χ1) is 7.35. The molecule has 2 rings (SSSR count). The molecule has 2 fully saturated rings. The van der Waals surface area contributed by atoms with Crippen LogP contribution in [0.15, 0.2) is 0 Å². The molecule has 0 spiro atoms. The number of nitrogens with zero attached hydrogens (tertiary/aromatic N) is 1. The minimum atomic E-state index is 0.554. The second-order valence-electron chi connectivity index (χ2n) is 4.96. The zero-order chi connectivity index (χ0) is 10.7. The maximum atomic E-state index is 5.93. The SMILES string of the molecule is CCN(CC1CC1)C(CN)C1CCOC1. The van der Waals surface area contributed by atoms with Crippen molar-refractivity contribution < 1.29 is 4.74 Å². The molecule has 88 valence electrons. The lowest BCUT2D eigenvalue weighted by molar-refractivity contribution is 0.122. The standard InChI is InChI=1S/C12H24N2O/c1-2-14(8-10-3-4-10)12(7-13)11-5-6-15-9-11/h10-12H,2-9,13H2,1H3. The Kier molecular flexibility index (Phi) is 4.00. The highest BCUT2D eigenvalue weighted by atomic mass is 16.5. The molecule has 3 nitrogen and oxygen atoms in total. The van der Waals surface area contributed by atoms with Crippen molar-refractivity contribution in [1.82, 2.24) is 4.90 Å². The molecule has 0 aromatic carbocycles. The number of likely N-dealkylation sites (N-methyl/N-ethyl adjacent to an activating group) is 1. The third-order valence-corrected chi connectivity index (χ3v) is 3.82. The third-order valence-electron chi connectivity index (χ3n) is 3.82. The van der Waals surface area contributed by atoms with Crippen LogP contribution >= 0.6 is 0 Å². The van der Waals surface area contributed by atoms with Gasteiger partial charge in [-0.15, -0.1) is 0 Å². The summed E-state index contributed by atoms with van der Waals surface area (Å²) in [6, 6.07) is 0.554. The first-order valence-corrected chi connectivity index (χ1v) is 6.37. The Bertz CT molecular complexity index is 188. The Labute approximate surface area is 93.0 Å². The molecule has 0 radical (unpaired) electrons. The quantitative estimate of drug-likeness (QED) is 0.716. The summed E-state index contributed by atoms with van der Waals surface area (Å²) < 4.78 is 5.47. The van der Waals surface area contributed by atoms with Gasteiger partial charge in [0, 0.05) is 31.7 Å². The first kappa shape index (κ1) is 11.4. The van der Waals surface area contributed by atoms with Gasteiger partial charge < -0.3 is 10.5 Å². The smallest absolute Gasteiger partial charge is 0.0510 e. The van der Waals surface area contributed by atoms with E-state index in [9.17, 15) is 0 Å². The normalized spacial score (nSPS) is 28.6. The van der Waals surface area contributed by atoms with Crippen molar-refractivity contribution in [2.75, 3.05) is 32.8 Å². The summed E-state index contributed by atoms with van der Waals surface area (Å²) in [5.41, 5.74) is 5.93. The van der Waals surface area contributed by atoms with E-state index < -0.39 is 0 Å². The second-order valence-corrected chi connectivity index (χ2v) is 4.96. The van der Waals surface area contributed by atoms with E-state index in [4.69, 9.17) is 10.5 Å². The Morgan fingerprint density at radius 3 is 2.67 bits per heavy atom. The van der Waals surface area contributed by atoms with E-state index in [-0.39, 0.29) is 0 Å². The molecule has 0 aromatic heterocycles. The van der Waals surface area contributed by atoms with Crippen molar-refractivity contribution in [3.63, 3.8) is 0 Å². The average Bonchev–Trinajstić information content (AvgIpc) is 2.91. The Balaban J connectivity index is 1.88. The molecule has 2 aliphatic rings. The highest BCUT2D eigenvalue weighted by molar-refractivity contribution is 4.86. The molecule has 1 aliphatic carbocycles. The molecule has 3 heteroatoms. The van der Waals surface area contributed by atoms with Crippen LogP contribution in [0.25, 0.3) is 0 Å². The molecular weight excluding hydrogens is 188 g/mol. The van der Waals surface area contributed by atoms with Crippen molar-refractivity contribution in [2.24, 2.45) is 17.6 Å². The van der Waals surface area contributed by atoms with Crippen molar-refractivity contribution in [3.8, 4) is 0 Å². The molecule has 0 bridgehead atoms. The molecule has 1 saturated carbocycles. The fraction of sp³-hybridized carbons (Fsp3) is 1.00. The summed E-state index contributed by atoms with van der Waals surface area (Å²) in [6.45, 7) is 7.28. The van der Waals surface area contributed by atoms with Crippen LogP contribution in [-0.4, -0.2) is 43.8 Å². The Morgan fingerprint density at radius 2 is 2.20 bits per heavy atom. The minimum absolute atomic E-state index is 0.554. The van der Waals surface area contributed by atoms with Crippen molar-refractivity contribution >= 4 is 0 Å². The first-order valence-electron chi connectivity index (χ1n) is 6.37. The van der Waals surface area contributed by atoms with E-state index >= 15 is 0 Å². The van der Waals surface area contributed by atoms with Gasteiger partial charge in [-0.2, -0.15) is 0 Å². The van der Waals surface area contributed by atoms with E-state index in [1.807, 2.05) is 0 Å². The van der Waals surface area contributed by atoms with Crippen LogP contribution in [0.5, 0.6) is 0 Å². The van der Waals surface area contributed by atoms with Gasteiger partial charge >= 0.3 is 0 Å². The predicted molar refractivity (Wildman–Crippen MR) is 61.7 cm³/mol.